The molecule has 1 aromatic carbocycles. The first-order valence-electron chi connectivity index (χ1n) is 8.60. The third-order valence-electron chi connectivity index (χ3n) is 4.79. The van der Waals surface area contributed by atoms with Gasteiger partial charge in [0, 0.05) is 32.7 Å². The SMILES string of the molecule is CN1CCN(C(=O)C2CCCN2C(=O)OCc2ccccc2)CC1. The lowest BCUT2D eigenvalue weighted by molar-refractivity contribution is -0.137. The quantitative estimate of drug-likeness (QED) is 0.843. The van der Waals surface area contributed by atoms with Crippen molar-refractivity contribution < 1.29 is 14.3 Å². The van der Waals surface area contributed by atoms with Gasteiger partial charge in [-0.15, -0.1) is 0 Å². The smallest absolute Gasteiger partial charge is 0.410 e. The first-order chi connectivity index (χ1) is 11.6. The number of piperazine rings is 1. The normalized spacial score (nSPS) is 21.8. The molecule has 2 amide bonds. The zero-order valence-electron chi connectivity index (χ0n) is 14.2. The van der Waals surface area contributed by atoms with Crippen LogP contribution in [-0.2, 0) is 16.1 Å². The van der Waals surface area contributed by atoms with Gasteiger partial charge in [0.25, 0.3) is 0 Å². The van der Waals surface area contributed by atoms with Crippen molar-refractivity contribution in [2.75, 3.05) is 39.8 Å². The lowest BCUT2D eigenvalue weighted by Gasteiger charge is -2.35. The van der Waals surface area contributed by atoms with Crippen molar-refractivity contribution in [3.63, 3.8) is 0 Å². The van der Waals surface area contributed by atoms with Crippen molar-refractivity contribution in [2.45, 2.75) is 25.5 Å². The standard InChI is InChI=1S/C18H25N3O3/c1-19-10-12-20(13-11-19)17(22)16-8-5-9-21(16)18(23)24-14-15-6-3-2-4-7-15/h2-4,6-7,16H,5,8-14H2,1H3. The Kier molecular flexibility index (Phi) is 5.35. The van der Waals surface area contributed by atoms with E-state index in [9.17, 15) is 9.59 Å². The van der Waals surface area contributed by atoms with Crippen LogP contribution in [0.15, 0.2) is 30.3 Å². The van der Waals surface area contributed by atoms with Crippen LogP contribution in [0.4, 0.5) is 4.79 Å². The van der Waals surface area contributed by atoms with E-state index in [-0.39, 0.29) is 24.6 Å². The van der Waals surface area contributed by atoms with Gasteiger partial charge in [0.15, 0.2) is 0 Å². The second-order valence-electron chi connectivity index (χ2n) is 6.52. The van der Waals surface area contributed by atoms with Gasteiger partial charge in [0.2, 0.25) is 5.91 Å². The predicted octanol–water partition coefficient (Wildman–Crippen LogP) is 1.56. The Bertz CT molecular complexity index is 570. The van der Waals surface area contributed by atoms with Gasteiger partial charge in [-0.05, 0) is 25.5 Å². The molecular weight excluding hydrogens is 306 g/mol. The van der Waals surface area contributed by atoms with Crippen molar-refractivity contribution in [2.24, 2.45) is 0 Å². The summed E-state index contributed by atoms with van der Waals surface area (Å²) >= 11 is 0. The first-order valence-corrected chi connectivity index (χ1v) is 8.60. The Hall–Kier alpha value is -2.08. The van der Waals surface area contributed by atoms with Crippen LogP contribution < -0.4 is 0 Å². The Morgan fingerprint density at radius 3 is 2.50 bits per heavy atom. The van der Waals surface area contributed by atoms with Crippen molar-refractivity contribution in [1.29, 1.82) is 0 Å². The summed E-state index contributed by atoms with van der Waals surface area (Å²) in [4.78, 5) is 30.8. The number of hydrogen-bond donors (Lipinski definition) is 0. The summed E-state index contributed by atoms with van der Waals surface area (Å²) in [7, 11) is 2.06. The molecule has 1 atom stereocenters. The summed E-state index contributed by atoms with van der Waals surface area (Å²) in [5.74, 6) is 0.0669. The predicted molar refractivity (Wildman–Crippen MR) is 90.4 cm³/mol. The van der Waals surface area contributed by atoms with Gasteiger partial charge in [-0.3, -0.25) is 9.69 Å². The van der Waals surface area contributed by atoms with E-state index in [1.165, 1.54) is 0 Å². The molecule has 2 fully saturated rings. The summed E-state index contributed by atoms with van der Waals surface area (Å²) in [6.45, 7) is 4.08. The number of rotatable bonds is 3. The highest BCUT2D eigenvalue weighted by molar-refractivity contribution is 5.86. The second kappa shape index (κ2) is 7.66. The van der Waals surface area contributed by atoms with Crippen LogP contribution in [0.2, 0.25) is 0 Å². The van der Waals surface area contributed by atoms with E-state index < -0.39 is 0 Å². The third kappa shape index (κ3) is 3.87. The molecule has 130 valence electrons. The highest BCUT2D eigenvalue weighted by Crippen LogP contribution is 2.21. The van der Waals surface area contributed by atoms with Crippen molar-refractivity contribution >= 4 is 12.0 Å². The van der Waals surface area contributed by atoms with Crippen LogP contribution >= 0.6 is 0 Å². The van der Waals surface area contributed by atoms with Crippen LogP contribution in [0.25, 0.3) is 0 Å². The minimum atomic E-state index is -0.385. The fraction of sp³-hybridized carbons (Fsp3) is 0.556. The Morgan fingerprint density at radius 2 is 1.79 bits per heavy atom. The van der Waals surface area contributed by atoms with E-state index in [2.05, 4.69) is 11.9 Å². The maximum Gasteiger partial charge on any atom is 0.410 e. The molecule has 1 aromatic rings. The lowest BCUT2D eigenvalue weighted by atomic mass is 10.1. The second-order valence-corrected chi connectivity index (χ2v) is 6.52. The highest BCUT2D eigenvalue weighted by Gasteiger charge is 2.37. The number of likely N-dealkylation sites (N-methyl/N-ethyl adjacent to an activating group) is 1. The summed E-state index contributed by atoms with van der Waals surface area (Å²) in [6.07, 6.45) is 1.19. The molecule has 0 aromatic heterocycles. The van der Waals surface area contributed by atoms with Crippen LogP contribution in [0.3, 0.4) is 0 Å². The number of nitrogens with zero attached hydrogens (tertiary/aromatic N) is 3. The van der Waals surface area contributed by atoms with Gasteiger partial charge in [0.1, 0.15) is 12.6 Å². The molecule has 2 aliphatic rings. The molecule has 2 saturated heterocycles. The monoisotopic (exact) mass is 331 g/mol. The molecule has 2 heterocycles. The molecule has 0 bridgehead atoms. The number of likely N-dealkylation sites (tertiary alicyclic amines) is 1. The maximum atomic E-state index is 12.8. The minimum Gasteiger partial charge on any atom is -0.445 e. The number of ether oxygens (including phenoxy) is 1. The van der Waals surface area contributed by atoms with E-state index in [0.29, 0.717) is 6.54 Å². The van der Waals surface area contributed by atoms with Gasteiger partial charge < -0.3 is 14.5 Å². The van der Waals surface area contributed by atoms with Crippen LogP contribution in [0.5, 0.6) is 0 Å². The molecule has 24 heavy (non-hydrogen) atoms. The highest BCUT2D eigenvalue weighted by atomic mass is 16.6. The van der Waals surface area contributed by atoms with Gasteiger partial charge >= 0.3 is 6.09 Å². The summed E-state index contributed by atoms with van der Waals surface area (Å²) in [5.41, 5.74) is 0.951. The fourth-order valence-corrected chi connectivity index (χ4v) is 3.28. The van der Waals surface area contributed by atoms with E-state index in [1.807, 2.05) is 35.2 Å². The fourth-order valence-electron chi connectivity index (χ4n) is 3.28. The molecule has 0 saturated carbocycles. The largest absolute Gasteiger partial charge is 0.445 e. The van der Waals surface area contributed by atoms with E-state index in [0.717, 1.165) is 44.6 Å². The number of benzene rings is 1. The first kappa shape index (κ1) is 16.8. The molecule has 1 unspecified atom stereocenters. The zero-order valence-corrected chi connectivity index (χ0v) is 14.2. The maximum absolute atomic E-state index is 12.8. The molecular formula is C18H25N3O3. The summed E-state index contributed by atoms with van der Waals surface area (Å²) in [5, 5.41) is 0. The number of carbonyl (C=O) groups is 2. The number of hydrogen-bond acceptors (Lipinski definition) is 4. The molecule has 6 nitrogen and oxygen atoms in total. The van der Waals surface area contributed by atoms with E-state index >= 15 is 0 Å². The Morgan fingerprint density at radius 1 is 1.08 bits per heavy atom. The summed E-state index contributed by atoms with van der Waals surface area (Å²) < 4.78 is 5.40. The Balaban J connectivity index is 1.56. The molecule has 2 aliphatic heterocycles. The van der Waals surface area contributed by atoms with Gasteiger partial charge in [-0.2, -0.15) is 0 Å². The number of carbonyl (C=O) groups excluding carboxylic acids is 2. The zero-order chi connectivity index (χ0) is 16.9. The molecule has 0 aliphatic carbocycles. The number of amides is 2. The van der Waals surface area contributed by atoms with E-state index in [1.54, 1.807) is 4.90 Å². The molecule has 6 heteroatoms. The topological polar surface area (TPSA) is 53.1 Å². The van der Waals surface area contributed by atoms with Crippen LogP contribution in [0.1, 0.15) is 18.4 Å². The third-order valence-corrected chi connectivity index (χ3v) is 4.79. The van der Waals surface area contributed by atoms with Crippen molar-refractivity contribution in [3.05, 3.63) is 35.9 Å². The average molecular weight is 331 g/mol. The van der Waals surface area contributed by atoms with Crippen LogP contribution in [0, 0.1) is 0 Å². The lowest BCUT2D eigenvalue weighted by Crippen LogP contribution is -2.53. The molecule has 0 radical (unpaired) electrons. The Labute approximate surface area is 143 Å². The minimum absolute atomic E-state index is 0.0669. The van der Waals surface area contributed by atoms with Gasteiger partial charge in [-0.1, -0.05) is 30.3 Å². The molecule has 0 N–H and O–H groups in total. The van der Waals surface area contributed by atoms with Crippen molar-refractivity contribution in [1.82, 2.24) is 14.7 Å². The summed E-state index contributed by atoms with van der Waals surface area (Å²) in [6, 6.07) is 9.24. The average Bonchev–Trinajstić information content (AvgIpc) is 3.10. The van der Waals surface area contributed by atoms with Gasteiger partial charge in [0.05, 0.1) is 0 Å². The molecule has 3 rings (SSSR count). The van der Waals surface area contributed by atoms with Crippen molar-refractivity contribution in [3.8, 4) is 0 Å². The van der Waals surface area contributed by atoms with E-state index in [4.69, 9.17) is 4.74 Å². The van der Waals surface area contributed by atoms with Crippen LogP contribution in [-0.4, -0.2) is 72.5 Å². The van der Waals surface area contributed by atoms with Gasteiger partial charge in [-0.25, -0.2) is 4.79 Å². The molecule has 0 spiro atoms.